The van der Waals surface area contributed by atoms with Crippen LogP contribution in [0.2, 0.25) is 0 Å². The van der Waals surface area contributed by atoms with Gasteiger partial charge in [-0.25, -0.2) is 4.39 Å². The molecular formula is C20H20FNO3. The van der Waals surface area contributed by atoms with Gasteiger partial charge in [0.1, 0.15) is 23.4 Å². The summed E-state index contributed by atoms with van der Waals surface area (Å²) in [5, 5.41) is 10.5. The van der Waals surface area contributed by atoms with Gasteiger partial charge in [-0.3, -0.25) is 4.90 Å². The number of hydrogen-bond acceptors (Lipinski definition) is 4. The lowest BCUT2D eigenvalue weighted by atomic mass is 9.98. The van der Waals surface area contributed by atoms with E-state index in [-0.39, 0.29) is 5.82 Å². The van der Waals surface area contributed by atoms with Crippen molar-refractivity contribution >= 4 is 0 Å². The van der Waals surface area contributed by atoms with E-state index in [4.69, 9.17) is 9.47 Å². The molecule has 2 aliphatic rings. The fourth-order valence-corrected chi connectivity index (χ4v) is 3.20. The Morgan fingerprint density at radius 1 is 1.04 bits per heavy atom. The van der Waals surface area contributed by atoms with Crippen molar-refractivity contribution in [1.82, 2.24) is 4.90 Å². The predicted octanol–water partition coefficient (Wildman–Crippen LogP) is 3.13. The number of rotatable bonds is 3. The quantitative estimate of drug-likeness (QED) is 0.931. The van der Waals surface area contributed by atoms with Gasteiger partial charge in [-0.05, 0) is 41.5 Å². The van der Waals surface area contributed by atoms with Gasteiger partial charge in [0.15, 0.2) is 0 Å². The van der Waals surface area contributed by atoms with E-state index < -0.39 is 6.10 Å². The molecular weight excluding hydrogens is 321 g/mol. The van der Waals surface area contributed by atoms with Crippen LogP contribution in [-0.4, -0.2) is 42.9 Å². The van der Waals surface area contributed by atoms with Crippen molar-refractivity contribution in [3.8, 4) is 16.9 Å². The van der Waals surface area contributed by atoms with Crippen LogP contribution < -0.4 is 4.74 Å². The molecule has 1 unspecified atom stereocenters. The van der Waals surface area contributed by atoms with Crippen LogP contribution in [0.15, 0.2) is 54.3 Å². The summed E-state index contributed by atoms with van der Waals surface area (Å²) in [7, 11) is 0. The molecule has 25 heavy (non-hydrogen) atoms. The summed E-state index contributed by atoms with van der Waals surface area (Å²) in [5.74, 6) is 1.17. The zero-order chi connectivity index (χ0) is 17.2. The molecule has 1 N–H and O–H groups in total. The summed E-state index contributed by atoms with van der Waals surface area (Å²) >= 11 is 0. The Bertz CT molecular complexity index is 782. The second kappa shape index (κ2) is 6.96. The second-order valence-corrected chi connectivity index (χ2v) is 6.33. The Labute approximate surface area is 146 Å². The number of morpholine rings is 1. The molecule has 0 aliphatic carbocycles. The van der Waals surface area contributed by atoms with Crippen LogP contribution in [0.4, 0.5) is 4.39 Å². The molecule has 2 aliphatic heterocycles. The Hall–Kier alpha value is -2.21. The highest BCUT2D eigenvalue weighted by Gasteiger charge is 2.22. The van der Waals surface area contributed by atoms with Crippen LogP contribution >= 0.6 is 0 Å². The third kappa shape index (κ3) is 3.58. The number of halogens is 1. The van der Waals surface area contributed by atoms with Crippen LogP contribution in [0.5, 0.6) is 5.75 Å². The van der Waals surface area contributed by atoms with Gasteiger partial charge in [-0.15, -0.1) is 0 Å². The SMILES string of the molecule is OC1C=C(CN2CCOCC2)Oc2ccc(-c3ccc(F)cc3)cc21. The van der Waals surface area contributed by atoms with Gasteiger partial charge in [-0.2, -0.15) is 0 Å². The number of aliphatic hydroxyl groups is 1. The lowest BCUT2D eigenvalue weighted by Crippen LogP contribution is -2.38. The molecule has 0 aromatic heterocycles. The molecule has 5 heteroatoms. The van der Waals surface area contributed by atoms with Gasteiger partial charge < -0.3 is 14.6 Å². The van der Waals surface area contributed by atoms with Crippen molar-refractivity contribution in [1.29, 1.82) is 0 Å². The molecule has 2 aromatic rings. The zero-order valence-electron chi connectivity index (χ0n) is 13.8. The van der Waals surface area contributed by atoms with E-state index in [1.807, 2.05) is 18.2 Å². The number of fused-ring (bicyclic) bond motifs is 1. The maximum Gasteiger partial charge on any atom is 0.133 e. The molecule has 0 amide bonds. The van der Waals surface area contributed by atoms with Gasteiger partial charge in [0, 0.05) is 18.7 Å². The maximum absolute atomic E-state index is 13.1. The molecule has 0 bridgehead atoms. The number of ether oxygens (including phenoxy) is 2. The van der Waals surface area contributed by atoms with Crippen LogP contribution in [-0.2, 0) is 4.74 Å². The topological polar surface area (TPSA) is 41.9 Å². The highest BCUT2D eigenvalue weighted by atomic mass is 19.1. The highest BCUT2D eigenvalue weighted by Crippen LogP contribution is 2.36. The molecule has 2 aromatic carbocycles. The van der Waals surface area contributed by atoms with E-state index in [0.29, 0.717) is 12.3 Å². The molecule has 1 fully saturated rings. The van der Waals surface area contributed by atoms with Crippen molar-refractivity contribution in [2.75, 3.05) is 32.8 Å². The van der Waals surface area contributed by atoms with E-state index >= 15 is 0 Å². The highest BCUT2D eigenvalue weighted by molar-refractivity contribution is 5.66. The molecule has 0 radical (unpaired) electrons. The Kier molecular flexibility index (Phi) is 4.53. The number of hydrogen-bond donors (Lipinski definition) is 1. The number of aliphatic hydroxyl groups excluding tert-OH is 1. The van der Waals surface area contributed by atoms with Crippen LogP contribution in [0.1, 0.15) is 11.7 Å². The molecule has 0 saturated carbocycles. The molecule has 1 atom stereocenters. The van der Waals surface area contributed by atoms with Crippen LogP contribution in [0.25, 0.3) is 11.1 Å². The molecule has 2 heterocycles. The van der Waals surface area contributed by atoms with Crippen LogP contribution in [0.3, 0.4) is 0 Å². The Balaban J connectivity index is 1.54. The summed E-state index contributed by atoms with van der Waals surface area (Å²) < 4.78 is 24.4. The van der Waals surface area contributed by atoms with Crippen molar-refractivity contribution in [2.45, 2.75) is 6.10 Å². The Morgan fingerprint density at radius 2 is 1.76 bits per heavy atom. The van der Waals surface area contributed by atoms with Crippen molar-refractivity contribution in [2.24, 2.45) is 0 Å². The van der Waals surface area contributed by atoms with Gasteiger partial charge in [0.2, 0.25) is 0 Å². The fourth-order valence-electron chi connectivity index (χ4n) is 3.20. The minimum atomic E-state index is -0.708. The van der Waals surface area contributed by atoms with E-state index in [9.17, 15) is 9.50 Å². The Morgan fingerprint density at radius 3 is 2.52 bits per heavy atom. The smallest absolute Gasteiger partial charge is 0.133 e. The molecule has 0 spiro atoms. The second-order valence-electron chi connectivity index (χ2n) is 6.33. The van der Waals surface area contributed by atoms with E-state index in [2.05, 4.69) is 4.90 Å². The fraction of sp³-hybridized carbons (Fsp3) is 0.300. The first-order valence-electron chi connectivity index (χ1n) is 8.46. The minimum absolute atomic E-state index is 0.263. The van der Waals surface area contributed by atoms with Gasteiger partial charge in [0.25, 0.3) is 0 Å². The third-order valence-electron chi connectivity index (χ3n) is 4.57. The summed E-state index contributed by atoms with van der Waals surface area (Å²) in [4.78, 5) is 2.25. The molecule has 1 saturated heterocycles. The first-order chi connectivity index (χ1) is 12.2. The predicted molar refractivity (Wildman–Crippen MR) is 92.8 cm³/mol. The average Bonchev–Trinajstić information content (AvgIpc) is 2.63. The minimum Gasteiger partial charge on any atom is -0.460 e. The monoisotopic (exact) mass is 341 g/mol. The molecule has 4 rings (SSSR count). The average molecular weight is 341 g/mol. The number of benzene rings is 2. The van der Waals surface area contributed by atoms with Gasteiger partial charge in [-0.1, -0.05) is 18.2 Å². The summed E-state index contributed by atoms with van der Waals surface area (Å²) in [5.41, 5.74) is 2.55. The van der Waals surface area contributed by atoms with E-state index in [1.54, 1.807) is 18.2 Å². The zero-order valence-corrected chi connectivity index (χ0v) is 13.8. The van der Waals surface area contributed by atoms with Crippen molar-refractivity contribution in [3.63, 3.8) is 0 Å². The standard InChI is InChI=1S/C20H20FNO3/c21-16-4-1-14(2-5-16)15-3-6-20-18(11-15)19(23)12-17(25-20)13-22-7-9-24-10-8-22/h1-6,11-12,19,23H,7-10,13H2. The van der Waals surface area contributed by atoms with E-state index in [0.717, 1.165) is 48.8 Å². The van der Waals surface area contributed by atoms with Gasteiger partial charge in [0.05, 0.1) is 19.8 Å². The van der Waals surface area contributed by atoms with E-state index in [1.165, 1.54) is 12.1 Å². The normalized spacial score (nSPS) is 20.6. The van der Waals surface area contributed by atoms with Crippen molar-refractivity contribution < 1.29 is 19.0 Å². The van der Waals surface area contributed by atoms with Crippen LogP contribution in [0, 0.1) is 5.82 Å². The largest absolute Gasteiger partial charge is 0.460 e. The first kappa shape index (κ1) is 16.3. The summed E-state index contributed by atoms with van der Waals surface area (Å²) in [6.45, 7) is 3.86. The summed E-state index contributed by atoms with van der Waals surface area (Å²) in [6.07, 6.45) is 1.05. The van der Waals surface area contributed by atoms with Crippen molar-refractivity contribution in [3.05, 3.63) is 65.7 Å². The third-order valence-corrected chi connectivity index (χ3v) is 4.57. The first-order valence-corrected chi connectivity index (χ1v) is 8.46. The molecule has 4 nitrogen and oxygen atoms in total. The molecule has 130 valence electrons. The summed E-state index contributed by atoms with van der Waals surface area (Å²) in [6, 6.07) is 12.0. The maximum atomic E-state index is 13.1. The lowest BCUT2D eigenvalue weighted by molar-refractivity contribution is 0.0378. The number of nitrogens with zero attached hydrogens (tertiary/aromatic N) is 1. The van der Waals surface area contributed by atoms with Gasteiger partial charge >= 0.3 is 0 Å². The lowest BCUT2D eigenvalue weighted by Gasteiger charge is -2.29.